The lowest BCUT2D eigenvalue weighted by atomic mass is 10.1. The Kier molecular flexibility index (Phi) is 4.00. The lowest BCUT2D eigenvalue weighted by Gasteiger charge is -2.14. The average Bonchev–Trinajstić information content (AvgIpc) is 2.66. The lowest BCUT2D eigenvalue weighted by molar-refractivity contribution is 0.700. The van der Waals surface area contributed by atoms with E-state index in [1.807, 2.05) is 18.5 Å². The van der Waals surface area contributed by atoms with Gasteiger partial charge in [0.1, 0.15) is 0 Å². The highest BCUT2D eigenvalue weighted by atomic mass is 15.3. The Morgan fingerprint density at radius 2 is 1.84 bits per heavy atom. The summed E-state index contributed by atoms with van der Waals surface area (Å²) in [5.41, 5.74) is 5.65. The summed E-state index contributed by atoms with van der Waals surface area (Å²) in [7, 11) is 0. The zero-order valence-electron chi connectivity index (χ0n) is 12.4. The molecule has 0 aliphatic carbocycles. The van der Waals surface area contributed by atoms with Gasteiger partial charge in [0.25, 0.3) is 0 Å². The summed E-state index contributed by atoms with van der Waals surface area (Å²) in [4.78, 5) is 4.69. The van der Waals surface area contributed by atoms with Crippen molar-refractivity contribution in [1.29, 1.82) is 0 Å². The van der Waals surface area contributed by atoms with E-state index in [9.17, 15) is 0 Å². The van der Waals surface area contributed by atoms with Crippen LogP contribution in [0.2, 0.25) is 0 Å². The molecule has 2 heterocycles. The largest absolute Gasteiger partial charge is 0.313 e. The Hall–Kier alpha value is -1.68. The van der Waals surface area contributed by atoms with Crippen molar-refractivity contribution in [1.82, 2.24) is 20.1 Å². The third-order valence-corrected chi connectivity index (χ3v) is 3.22. The van der Waals surface area contributed by atoms with E-state index in [-0.39, 0.29) is 0 Å². The van der Waals surface area contributed by atoms with Crippen LogP contribution in [0.25, 0.3) is 5.82 Å². The highest BCUT2D eigenvalue weighted by Gasteiger charge is 2.13. The molecule has 1 N–H and O–H groups in total. The normalized spacial score (nSPS) is 11.0. The molecule has 4 nitrogen and oxygen atoms in total. The molecule has 19 heavy (non-hydrogen) atoms. The maximum Gasteiger partial charge on any atom is 0.158 e. The number of aromatic nitrogens is 3. The molecule has 0 spiro atoms. The first-order valence-electron chi connectivity index (χ1n) is 6.74. The van der Waals surface area contributed by atoms with Crippen molar-refractivity contribution in [2.45, 2.75) is 41.2 Å². The van der Waals surface area contributed by atoms with Crippen LogP contribution < -0.4 is 5.32 Å². The summed E-state index contributed by atoms with van der Waals surface area (Å²) in [6, 6.07) is 4.21. The fourth-order valence-electron chi connectivity index (χ4n) is 2.33. The first-order chi connectivity index (χ1) is 9.02. The van der Waals surface area contributed by atoms with E-state index in [1.165, 1.54) is 11.1 Å². The van der Waals surface area contributed by atoms with Gasteiger partial charge in [-0.05, 0) is 51.9 Å². The van der Waals surface area contributed by atoms with Gasteiger partial charge >= 0.3 is 0 Å². The van der Waals surface area contributed by atoms with Gasteiger partial charge in [0, 0.05) is 23.5 Å². The summed E-state index contributed by atoms with van der Waals surface area (Å²) < 4.78 is 1.95. The van der Waals surface area contributed by atoms with Crippen LogP contribution >= 0.6 is 0 Å². The second kappa shape index (κ2) is 5.53. The first-order valence-corrected chi connectivity index (χ1v) is 6.74. The second-order valence-electron chi connectivity index (χ2n) is 5.00. The molecule has 2 aromatic heterocycles. The van der Waals surface area contributed by atoms with Crippen LogP contribution in [0.3, 0.4) is 0 Å². The standard InChI is InChI=1S/C15H22N4/c1-6-16-9-14-10(2)7-11(3)17-15(14)19-13(5)8-12(4)18-19/h7-8,16H,6,9H2,1-5H3. The fourth-order valence-corrected chi connectivity index (χ4v) is 2.33. The minimum Gasteiger partial charge on any atom is -0.313 e. The highest BCUT2D eigenvalue weighted by Crippen LogP contribution is 2.19. The zero-order chi connectivity index (χ0) is 14.0. The Balaban J connectivity index is 2.57. The van der Waals surface area contributed by atoms with E-state index in [4.69, 9.17) is 4.98 Å². The minimum absolute atomic E-state index is 0.823. The molecule has 2 aromatic rings. The van der Waals surface area contributed by atoms with Crippen LogP contribution in [0.5, 0.6) is 0 Å². The lowest BCUT2D eigenvalue weighted by Crippen LogP contribution is -2.17. The van der Waals surface area contributed by atoms with E-state index in [0.29, 0.717) is 0 Å². The molecule has 0 unspecified atom stereocenters. The van der Waals surface area contributed by atoms with Gasteiger partial charge in [-0.25, -0.2) is 9.67 Å². The van der Waals surface area contributed by atoms with Crippen molar-refractivity contribution < 1.29 is 0 Å². The van der Waals surface area contributed by atoms with Crippen LogP contribution in [0, 0.1) is 27.7 Å². The quantitative estimate of drug-likeness (QED) is 0.916. The van der Waals surface area contributed by atoms with Gasteiger partial charge in [-0.15, -0.1) is 0 Å². The predicted octanol–water partition coefficient (Wildman–Crippen LogP) is 2.61. The molecule has 0 radical (unpaired) electrons. The molecule has 0 amide bonds. The maximum absolute atomic E-state index is 4.69. The van der Waals surface area contributed by atoms with E-state index < -0.39 is 0 Å². The Bertz CT molecular complexity index is 584. The van der Waals surface area contributed by atoms with Crippen LogP contribution in [-0.2, 0) is 6.54 Å². The molecular weight excluding hydrogens is 236 g/mol. The predicted molar refractivity (Wildman–Crippen MR) is 77.7 cm³/mol. The van der Waals surface area contributed by atoms with Crippen molar-refractivity contribution in [2.24, 2.45) is 0 Å². The van der Waals surface area contributed by atoms with Gasteiger partial charge in [0.2, 0.25) is 0 Å². The van der Waals surface area contributed by atoms with Crippen molar-refractivity contribution in [2.75, 3.05) is 6.54 Å². The van der Waals surface area contributed by atoms with Gasteiger partial charge in [0.05, 0.1) is 5.69 Å². The molecule has 4 heteroatoms. The van der Waals surface area contributed by atoms with E-state index in [2.05, 4.69) is 43.3 Å². The van der Waals surface area contributed by atoms with Gasteiger partial charge in [-0.2, -0.15) is 5.10 Å². The monoisotopic (exact) mass is 258 g/mol. The number of aryl methyl sites for hydroxylation is 4. The number of rotatable bonds is 4. The number of pyridine rings is 1. The zero-order valence-corrected chi connectivity index (χ0v) is 12.4. The molecule has 0 bridgehead atoms. The molecular formula is C15H22N4. The summed E-state index contributed by atoms with van der Waals surface area (Å²) >= 11 is 0. The average molecular weight is 258 g/mol. The smallest absolute Gasteiger partial charge is 0.158 e. The Labute approximate surface area is 114 Å². The Morgan fingerprint density at radius 3 is 2.42 bits per heavy atom. The van der Waals surface area contributed by atoms with Gasteiger partial charge in [-0.3, -0.25) is 0 Å². The summed E-state index contributed by atoms with van der Waals surface area (Å²) in [6.07, 6.45) is 0. The van der Waals surface area contributed by atoms with E-state index >= 15 is 0 Å². The third kappa shape index (κ3) is 2.84. The molecule has 0 atom stereocenters. The van der Waals surface area contributed by atoms with Gasteiger partial charge in [0.15, 0.2) is 5.82 Å². The van der Waals surface area contributed by atoms with Crippen molar-refractivity contribution in [3.05, 3.63) is 40.3 Å². The molecule has 0 aliphatic heterocycles. The van der Waals surface area contributed by atoms with Crippen molar-refractivity contribution in [3.8, 4) is 5.82 Å². The molecule has 0 saturated heterocycles. The highest BCUT2D eigenvalue weighted by molar-refractivity contribution is 5.42. The second-order valence-corrected chi connectivity index (χ2v) is 5.00. The molecule has 0 aliphatic rings. The number of nitrogens with zero attached hydrogens (tertiary/aromatic N) is 3. The summed E-state index contributed by atoms with van der Waals surface area (Å²) in [6.45, 7) is 12.1. The number of hydrogen-bond acceptors (Lipinski definition) is 3. The fraction of sp³-hybridized carbons (Fsp3) is 0.467. The molecule has 102 valence electrons. The topological polar surface area (TPSA) is 42.7 Å². The molecule has 2 rings (SSSR count). The van der Waals surface area contributed by atoms with Crippen LogP contribution in [0.1, 0.15) is 35.1 Å². The minimum atomic E-state index is 0.823. The molecule has 0 saturated carbocycles. The number of hydrogen-bond donors (Lipinski definition) is 1. The summed E-state index contributed by atoms with van der Waals surface area (Å²) in [5, 5.41) is 7.94. The summed E-state index contributed by atoms with van der Waals surface area (Å²) in [5.74, 6) is 0.948. The van der Waals surface area contributed by atoms with E-state index in [1.54, 1.807) is 0 Å². The van der Waals surface area contributed by atoms with Crippen LogP contribution in [-0.4, -0.2) is 21.3 Å². The Morgan fingerprint density at radius 1 is 1.11 bits per heavy atom. The van der Waals surface area contributed by atoms with Gasteiger partial charge < -0.3 is 5.32 Å². The molecule has 0 fully saturated rings. The molecule has 0 aromatic carbocycles. The number of nitrogens with one attached hydrogen (secondary N) is 1. The van der Waals surface area contributed by atoms with E-state index in [0.717, 1.165) is 36.0 Å². The van der Waals surface area contributed by atoms with Crippen LogP contribution in [0.4, 0.5) is 0 Å². The SMILES string of the molecule is CCNCc1c(C)cc(C)nc1-n1nc(C)cc1C. The van der Waals surface area contributed by atoms with Gasteiger partial charge in [-0.1, -0.05) is 6.92 Å². The van der Waals surface area contributed by atoms with Crippen LogP contribution in [0.15, 0.2) is 12.1 Å². The maximum atomic E-state index is 4.69. The van der Waals surface area contributed by atoms with Crippen molar-refractivity contribution in [3.63, 3.8) is 0 Å². The first kappa shape index (κ1) is 13.7. The van der Waals surface area contributed by atoms with Crippen molar-refractivity contribution >= 4 is 0 Å². The third-order valence-electron chi connectivity index (χ3n) is 3.22.